The lowest BCUT2D eigenvalue weighted by atomic mass is 9.95. The van der Waals surface area contributed by atoms with E-state index in [-0.39, 0.29) is 11.3 Å². The van der Waals surface area contributed by atoms with Crippen LogP contribution in [0.4, 0.5) is 0 Å². The monoisotopic (exact) mass is 471 g/mol. The van der Waals surface area contributed by atoms with E-state index in [1.54, 1.807) is 24.3 Å². The van der Waals surface area contributed by atoms with Gasteiger partial charge in [0.1, 0.15) is 11.5 Å². The van der Waals surface area contributed by atoms with Crippen molar-refractivity contribution in [1.82, 2.24) is 4.90 Å². The number of rotatable bonds is 7. The minimum Gasteiger partial charge on any atom is -0.507 e. The summed E-state index contributed by atoms with van der Waals surface area (Å²) >= 11 is 3.37. The van der Waals surface area contributed by atoms with Crippen LogP contribution in [0, 0.1) is 5.92 Å². The summed E-state index contributed by atoms with van der Waals surface area (Å²) in [6.45, 7) is 7.15. The summed E-state index contributed by atoms with van der Waals surface area (Å²) < 4.78 is 6.60. The van der Waals surface area contributed by atoms with Gasteiger partial charge in [-0.1, -0.05) is 61.0 Å². The van der Waals surface area contributed by atoms with Crippen LogP contribution in [0.15, 0.2) is 58.6 Å². The van der Waals surface area contributed by atoms with Gasteiger partial charge in [0.2, 0.25) is 0 Å². The van der Waals surface area contributed by atoms with E-state index in [0.29, 0.717) is 31.1 Å². The number of likely N-dealkylation sites (tertiary alicyclic amines) is 1. The zero-order chi connectivity index (χ0) is 21.8. The minimum absolute atomic E-state index is 0.117. The third-order valence-corrected chi connectivity index (χ3v) is 5.43. The van der Waals surface area contributed by atoms with E-state index in [9.17, 15) is 14.7 Å². The molecule has 1 amide bonds. The number of hydrogen-bond donors (Lipinski definition) is 1. The highest BCUT2D eigenvalue weighted by atomic mass is 79.9. The quantitative estimate of drug-likeness (QED) is 0.337. The van der Waals surface area contributed by atoms with Crippen LogP contribution in [-0.4, -0.2) is 34.8 Å². The Bertz CT molecular complexity index is 948. The van der Waals surface area contributed by atoms with E-state index in [1.165, 1.54) is 4.90 Å². The Morgan fingerprint density at radius 1 is 1.10 bits per heavy atom. The number of amides is 1. The second-order valence-corrected chi connectivity index (χ2v) is 8.69. The molecule has 5 nitrogen and oxygen atoms in total. The van der Waals surface area contributed by atoms with Crippen LogP contribution >= 0.6 is 15.9 Å². The van der Waals surface area contributed by atoms with Crippen molar-refractivity contribution in [1.29, 1.82) is 0 Å². The molecule has 0 radical (unpaired) electrons. The number of ketones is 1. The zero-order valence-corrected chi connectivity index (χ0v) is 19.0. The van der Waals surface area contributed by atoms with Crippen LogP contribution in [0.3, 0.4) is 0 Å². The second-order valence-electron chi connectivity index (χ2n) is 7.77. The summed E-state index contributed by atoms with van der Waals surface area (Å²) in [5.41, 5.74) is 1.37. The van der Waals surface area contributed by atoms with Gasteiger partial charge in [-0.05, 0) is 42.2 Å². The third kappa shape index (κ3) is 4.59. The summed E-state index contributed by atoms with van der Waals surface area (Å²) in [6, 6.07) is 13.7. The number of ether oxygens (including phenoxy) is 1. The van der Waals surface area contributed by atoms with Gasteiger partial charge in [0.05, 0.1) is 18.2 Å². The number of halogens is 1. The molecule has 0 saturated carbocycles. The number of Topliss-reactive ketones (excluding diaryl/α,β-unsaturated/α-hetero) is 1. The van der Waals surface area contributed by atoms with Crippen molar-refractivity contribution in [3.8, 4) is 5.75 Å². The molecule has 2 aromatic rings. The molecular weight excluding hydrogens is 446 g/mol. The number of aliphatic hydroxyl groups is 1. The van der Waals surface area contributed by atoms with Crippen molar-refractivity contribution < 1.29 is 19.4 Å². The molecule has 158 valence electrons. The molecule has 1 fully saturated rings. The molecule has 1 aliphatic heterocycles. The van der Waals surface area contributed by atoms with Gasteiger partial charge >= 0.3 is 0 Å². The molecule has 2 aromatic carbocycles. The van der Waals surface area contributed by atoms with Gasteiger partial charge in [-0.15, -0.1) is 0 Å². The molecule has 0 spiro atoms. The maximum absolute atomic E-state index is 12.9. The molecule has 30 heavy (non-hydrogen) atoms. The number of benzene rings is 2. The fraction of sp³-hybridized carbons (Fsp3) is 0.333. The first-order chi connectivity index (χ1) is 14.3. The summed E-state index contributed by atoms with van der Waals surface area (Å²) in [5, 5.41) is 11.0. The summed E-state index contributed by atoms with van der Waals surface area (Å²) in [5.74, 6) is -0.265. The van der Waals surface area contributed by atoms with Gasteiger partial charge in [0.25, 0.3) is 11.7 Å². The van der Waals surface area contributed by atoms with Crippen LogP contribution in [0.5, 0.6) is 5.75 Å². The Morgan fingerprint density at radius 3 is 2.30 bits per heavy atom. The van der Waals surface area contributed by atoms with Crippen molar-refractivity contribution in [3.05, 3.63) is 69.7 Å². The largest absolute Gasteiger partial charge is 0.507 e. The predicted molar refractivity (Wildman–Crippen MR) is 120 cm³/mol. The van der Waals surface area contributed by atoms with Crippen LogP contribution in [0.2, 0.25) is 0 Å². The van der Waals surface area contributed by atoms with Gasteiger partial charge in [0.15, 0.2) is 0 Å². The van der Waals surface area contributed by atoms with Crippen molar-refractivity contribution >= 4 is 33.4 Å². The van der Waals surface area contributed by atoms with Crippen molar-refractivity contribution in [3.63, 3.8) is 0 Å². The number of carbonyl (C=O) groups excluding carboxylic acids is 2. The van der Waals surface area contributed by atoms with E-state index in [2.05, 4.69) is 29.8 Å². The number of nitrogens with zero attached hydrogens (tertiary/aromatic N) is 1. The molecule has 1 saturated heterocycles. The first kappa shape index (κ1) is 22.1. The van der Waals surface area contributed by atoms with E-state index >= 15 is 0 Å². The number of hydrogen-bond acceptors (Lipinski definition) is 4. The lowest BCUT2D eigenvalue weighted by Crippen LogP contribution is -2.30. The average Bonchev–Trinajstić information content (AvgIpc) is 2.98. The molecule has 3 rings (SSSR count). The normalized spacial score (nSPS) is 18.3. The van der Waals surface area contributed by atoms with E-state index < -0.39 is 17.7 Å². The lowest BCUT2D eigenvalue weighted by Gasteiger charge is -2.25. The summed E-state index contributed by atoms with van der Waals surface area (Å²) in [4.78, 5) is 27.1. The van der Waals surface area contributed by atoms with Gasteiger partial charge in [-0.25, -0.2) is 0 Å². The van der Waals surface area contributed by atoms with Gasteiger partial charge in [-0.3, -0.25) is 9.59 Å². The first-order valence-electron chi connectivity index (χ1n) is 10.1. The van der Waals surface area contributed by atoms with Crippen LogP contribution in [0.1, 0.15) is 44.4 Å². The molecule has 0 aliphatic carbocycles. The van der Waals surface area contributed by atoms with Crippen molar-refractivity contribution in [2.45, 2.75) is 33.2 Å². The van der Waals surface area contributed by atoms with Gasteiger partial charge in [-0.2, -0.15) is 0 Å². The predicted octanol–water partition coefficient (Wildman–Crippen LogP) is 5.32. The fourth-order valence-electron chi connectivity index (χ4n) is 3.47. The summed E-state index contributed by atoms with van der Waals surface area (Å²) in [7, 11) is 0. The Labute approximate surface area is 185 Å². The minimum atomic E-state index is -0.658. The Balaban J connectivity index is 2.04. The highest BCUT2D eigenvalue weighted by Gasteiger charge is 2.45. The Kier molecular flexibility index (Phi) is 6.98. The molecular formula is C24H26BrNO4. The molecule has 6 heteroatoms. The van der Waals surface area contributed by atoms with Crippen molar-refractivity contribution in [2.24, 2.45) is 5.92 Å². The Morgan fingerprint density at radius 2 is 1.73 bits per heavy atom. The third-order valence-electron chi connectivity index (χ3n) is 4.90. The van der Waals surface area contributed by atoms with Gasteiger partial charge in [0, 0.05) is 16.6 Å². The fourth-order valence-corrected chi connectivity index (χ4v) is 3.73. The molecule has 0 aromatic heterocycles. The van der Waals surface area contributed by atoms with Crippen LogP contribution in [0.25, 0.3) is 5.76 Å². The first-order valence-corrected chi connectivity index (χ1v) is 10.9. The zero-order valence-electron chi connectivity index (χ0n) is 17.4. The second kappa shape index (κ2) is 9.47. The topological polar surface area (TPSA) is 66.8 Å². The van der Waals surface area contributed by atoms with E-state index in [4.69, 9.17) is 4.74 Å². The maximum atomic E-state index is 12.9. The highest BCUT2D eigenvalue weighted by Crippen LogP contribution is 2.40. The SMILES string of the molecule is CCCN1C(=O)C(=O)/C(=C(\O)c2ccc(Br)cc2)C1c1ccc(OCC(C)C)cc1. The molecule has 1 unspecified atom stereocenters. The molecule has 1 aliphatic rings. The number of carbonyl (C=O) groups is 2. The van der Waals surface area contributed by atoms with Crippen molar-refractivity contribution in [2.75, 3.05) is 13.2 Å². The Hall–Kier alpha value is -2.60. The standard InChI is InChI=1S/C24H26BrNO4/c1-4-13-26-21(16-7-11-19(12-8-16)30-14-15(2)3)20(23(28)24(26)29)22(27)17-5-9-18(25)10-6-17/h5-12,15,21,27H,4,13-14H2,1-3H3/b22-20-. The highest BCUT2D eigenvalue weighted by molar-refractivity contribution is 9.10. The maximum Gasteiger partial charge on any atom is 0.295 e. The molecule has 1 heterocycles. The van der Waals surface area contributed by atoms with Crippen LogP contribution in [-0.2, 0) is 9.59 Å². The van der Waals surface area contributed by atoms with Gasteiger partial charge < -0.3 is 14.7 Å². The molecule has 0 bridgehead atoms. The smallest absolute Gasteiger partial charge is 0.295 e. The summed E-state index contributed by atoms with van der Waals surface area (Å²) in [6.07, 6.45) is 0.706. The lowest BCUT2D eigenvalue weighted by molar-refractivity contribution is -0.139. The molecule has 1 atom stereocenters. The van der Waals surface area contributed by atoms with E-state index in [1.807, 2.05) is 31.2 Å². The average molecular weight is 472 g/mol. The van der Waals surface area contributed by atoms with Crippen LogP contribution < -0.4 is 4.74 Å². The molecule has 1 N–H and O–H groups in total. The number of aliphatic hydroxyl groups excluding tert-OH is 1. The van der Waals surface area contributed by atoms with E-state index in [0.717, 1.165) is 15.8 Å².